The van der Waals surface area contributed by atoms with Gasteiger partial charge in [0.2, 0.25) is 0 Å². The zero-order valence-electron chi connectivity index (χ0n) is 9.18. The first-order valence-corrected chi connectivity index (χ1v) is 5.55. The van der Waals surface area contributed by atoms with E-state index >= 15 is 0 Å². The Labute approximate surface area is 93.3 Å². The van der Waals surface area contributed by atoms with E-state index in [1.807, 2.05) is 12.4 Å². The van der Waals surface area contributed by atoms with Crippen molar-refractivity contribution in [2.24, 2.45) is 0 Å². The number of rotatable bonds is 3. The number of pyridine rings is 1. The SMILES string of the molecule is CC(=O)Cc1ccnc2c1ncn2C1CC1. The molecule has 0 unspecified atom stereocenters. The number of hydrogen-bond donors (Lipinski definition) is 0. The zero-order valence-corrected chi connectivity index (χ0v) is 9.18. The lowest BCUT2D eigenvalue weighted by Gasteiger charge is -2.01. The molecular weight excluding hydrogens is 202 g/mol. The first-order valence-electron chi connectivity index (χ1n) is 5.55. The fraction of sp³-hybridized carbons (Fsp3) is 0.417. The van der Waals surface area contributed by atoms with Crippen LogP contribution >= 0.6 is 0 Å². The number of Topliss-reactive ketones (excluding diaryl/α,β-unsaturated/α-hetero) is 1. The van der Waals surface area contributed by atoms with Crippen molar-refractivity contribution in [2.45, 2.75) is 32.2 Å². The van der Waals surface area contributed by atoms with Crippen LogP contribution in [0.15, 0.2) is 18.6 Å². The Bertz CT molecular complexity index is 554. The van der Waals surface area contributed by atoms with Crippen LogP contribution in [0.25, 0.3) is 11.2 Å². The molecule has 2 aromatic rings. The van der Waals surface area contributed by atoms with Gasteiger partial charge < -0.3 is 4.57 Å². The molecule has 16 heavy (non-hydrogen) atoms. The van der Waals surface area contributed by atoms with Gasteiger partial charge in [0.15, 0.2) is 5.65 Å². The zero-order chi connectivity index (χ0) is 11.1. The van der Waals surface area contributed by atoms with Gasteiger partial charge in [-0.2, -0.15) is 0 Å². The minimum atomic E-state index is 0.161. The van der Waals surface area contributed by atoms with Gasteiger partial charge in [0, 0.05) is 18.7 Å². The summed E-state index contributed by atoms with van der Waals surface area (Å²) in [6.07, 6.45) is 6.48. The third kappa shape index (κ3) is 1.50. The molecule has 0 saturated heterocycles. The van der Waals surface area contributed by atoms with Crippen molar-refractivity contribution in [3.63, 3.8) is 0 Å². The van der Waals surface area contributed by atoms with Crippen molar-refractivity contribution in [2.75, 3.05) is 0 Å². The molecule has 4 heteroatoms. The highest BCUT2D eigenvalue weighted by Crippen LogP contribution is 2.36. The van der Waals surface area contributed by atoms with E-state index in [1.54, 1.807) is 13.1 Å². The largest absolute Gasteiger partial charge is 0.312 e. The van der Waals surface area contributed by atoms with E-state index in [2.05, 4.69) is 14.5 Å². The molecular formula is C12H13N3O. The molecule has 3 rings (SSSR count). The van der Waals surface area contributed by atoms with Gasteiger partial charge in [0.05, 0.1) is 6.33 Å². The van der Waals surface area contributed by atoms with Crippen LogP contribution in [0, 0.1) is 0 Å². The normalized spacial score (nSPS) is 15.6. The highest BCUT2D eigenvalue weighted by atomic mass is 16.1. The summed E-state index contributed by atoms with van der Waals surface area (Å²) in [4.78, 5) is 19.9. The lowest BCUT2D eigenvalue weighted by Crippen LogP contribution is -1.99. The standard InChI is InChI=1S/C12H13N3O/c1-8(16)6-9-4-5-13-12-11(9)14-7-15(12)10-2-3-10/h4-5,7,10H,2-3,6H2,1H3. The maximum Gasteiger partial charge on any atom is 0.160 e. The van der Waals surface area contributed by atoms with E-state index in [9.17, 15) is 4.79 Å². The molecule has 0 radical (unpaired) electrons. The average Bonchev–Trinajstić information content (AvgIpc) is 2.98. The minimum Gasteiger partial charge on any atom is -0.312 e. The molecule has 0 aromatic carbocycles. The molecule has 2 heterocycles. The number of aromatic nitrogens is 3. The molecule has 0 bridgehead atoms. The third-order valence-electron chi connectivity index (χ3n) is 2.92. The number of carbonyl (C=O) groups excluding carboxylic acids is 1. The first-order chi connectivity index (χ1) is 7.75. The van der Waals surface area contributed by atoms with Gasteiger partial charge >= 0.3 is 0 Å². The second-order valence-electron chi connectivity index (χ2n) is 4.40. The van der Waals surface area contributed by atoms with Crippen LogP contribution in [0.5, 0.6) is 0 Å². The molecule has 82 valence electrons. The van der Waals surface area contributed by atoms with Gasteiger partial charge in [-0.1, -0.05) is 0 Å². The van der Waals surface area contributed by atoms with E-state index < -0.39 is 0 Å². The molecule has 4 nitrogen and oxygen atoms in total. The topological polar surface area (TPSA) is 47.8 Å². The summed E-state index contributed by atoms with van der Waals surface area (Å²) in [5, 5.41) is 0. The molecule has 0 aliphatic heterocycles. The first kappa shape index (κ1) is 9.51. The van der Waals surface area contributed by atoms with Gasteiger partial charge in [-0.05, 0) is 31.4 Å². The highest BCUT2D eigenvalue weighted by Gasteiger charge is 2.25. The summed E-state index contributed by atoms with van der Waals surface area (Å²) < 4.78 is 2.12. The van der Waals surface area contributed by atoms with Crippen LogP contribution in [0.4, 0.5) is 0 Å². The summed E-state index contributed by atoms with van der Waals surface area (Å²) in [6, 6.07) is 2.46. The molecule has 1 fully saturated rings. The lowest BCUT2D eigenvalue weighted by atomic mass is 10.1. The van der Waals surface area contributed by atoms with Crippen molar-refractivity contribution < 1.29 is 4.79 Å². The maximum absolute atomic E-state index is 11.2. The molecule has 0 spiro atoms. The molecule has 0 N–H and O–H groups in total. The summed E-state index contributed by atoms with van der Waals surface area (Å²) in [6.45, 7) is 1.60. The van der Waals surface area contributed by atoms with Crippen LogP contribution in [-0.4, -0.2) is 20.3 Å². The van der Waals surface area contributed by atoms with Crippen LogP contribution in [0.1, 0.15) is 31.4 Å². The molecule has 2 aromatic heterocycles. The second kappa shape index (κ2) is 3.40. The maximum atomic E-state index is 11.2. The van der Waals surface area contributed by atoms with E-state index in [0.29, 0.717) is 12.5 Å². The Kier molecular flexibility index (Phi) is 2.02. The van der Waals surface area contributed by atoms with E-state index in [0.717, 1.165) is 16.7 Å². The molecule has 1 aliphatic rings. The predicted octanol–water partition coefficient (Wildman–Crippen LogP) is 1.90. The summed E-state index contributed by atoms with van der Waals surface area (Å²) in [5.41, 5.74) is 2.78. The van der Waals surface area contributed by atoms with Crippen LogP contribution in [-0.2, 0) is 11.2 Å². The minimum absolute atomic E-state index is 0.161. The Hall–Kier alpha value is -1.71. The summed E-state index contributed by atoms with van der Waals surface area (Å²) in [7, 11) is 0. The van der Waals surface area contributed by atoms with Crippen molar-refractivity contribution >= 4 is 16.9 Å². The molecule has 0 amide bonds. The number of fused-ring (bicyclic) bond motifs is 1. The number of nitrogens with zero attached hydrogens (tertiary/aromatic N) is 3. The number of imidazole rings is 1. The van der Waals surface area contributed by atoms with Gasteiger partial charge in [0.25, 0.3) is 0 Å². The van der Waals surface area contributed by atoms with Crippen molar-refractivity contribution in [3.05, 3.63) is 24.2 Å². The smallest absolute Gasteiger partial charge is 0.160 e. The quantitative estimate of drug-likeness (QED) is 0.785. The highest BCUT2D eigenvalue weighted by molar-refractivity contribution is 5.84. The fourth-order valence-corrected chi connectivity index (χ4v) is 2.02. The van der Waals surface area contributed by atoms with Crippen LogP contribution in [0.2, 0.25) is 0 Å². The fourth-order valence-electron chi connectivity index (χ4n) is 2.02. The van der Waals surface area contributed by atoms with E-state index in [4.69, 9.17) is 0 Å². The summed E-state index contributed by atoms with van der Waals surface area (Å²) in [5.74, 6) is 0.161. The third-order valence-corrected chi connectivity index (χ3v) is 2.92. The number of ketones is 1. The monoisotopic (exact) mass is 215 g/mol. The number of carbonyl (C=O) groups is 1. The van der Waals surface area contributed by atoms with Crippen molar-refractivity contribution in [3.8, 4) is 0 Å². The molecule has 1 aliphatic carbocycles. The van der Waals surface area contributed by atoms with E-state index in [1.165, 1.54) is 12.8 Å². The predicted molar refractivity (Wildman–Crippen MR) is 60.2 cm³/mol. The number of hydrogen-bond acceptors (Lipinski definition) is 3. The van der Waals surface area contributed by atoms with Crippen molar-refractivity contribution in [1.29, 1.82) is 0 Å². The molecule has 1 saturated carbocycles. The Morgan fingerprint density at radius 3 is 3.00 bits per heavy atom. The van der Waals surface area contributed by atoms with Gasteiger partial charge in [-0.3, -0.25) is 4.79 Å². The summed E-state index contributed by atoms with van der Waals surface area (Å²) >= 11 is 0. The Balaban J connectivity index is 2.12. The van der Waals surface area contributed by atoms with Crippen molar-refractivity contribution in [1.82, 2.24) is 14.5 Å². The average molecular weight is 215 g/mol. The second-order valence-corrected chi connectivity index (χ2v) is 4.40. The van der Waals surface area contributed by atoms with Crippen LogP contribution in [0.3, 0.4) is 0 Å². The van der Waals surface area contributed by atoms with Gasteiger partial charge in [-0.15, -0.1) is 0 Å². The Morgan fingerprint density at radius 2 is 2.31 bits per heavy atom. The van der Waals surface area contributed by atoms with Gasteiger partial charge in [-0.25, -0.2) is 9.97 Å². The van der Waals surface area contributed by atoms with Crippen LogP contribution < -0.4 is 0 Å². The Morgan fingerprint density at radius 1 is 1.50 bits per heavy atom. The molecule has 0 atom stereocenters. The van der Waals surface area contributed by atoms with E-state index in [-0.39, 0.29) is 5.78 Å². The lowest BCUT2D eigenvalue weighted by molar-refractivity contribution is -0.116. The van der Waals surface area contributed by atoms with Gasteiger partial charge in [0.1, 0.15) is 11.3 Å².